The summed E-state index contributed by atoms with van der Waals surface area (Å²) in [5.74, 6) is -0.278. The Morgan fingerprint density at radius 2 is 1.94 bits per heavy atom. The van der Waals surface area contributed by atoms with E-state index < -0.39 is 0 Å². The van der Waals surface area contributed by atoms with Gasteiger partial charge in [-0.25, -0.2) is 4.79 Å². The van der Waals surface area contributed by atoms with Crippen molar-refractivity contribution < 1.29 is 9.53 Å². The van der Waals surface area contributed by atoms with Crippen LogP contribution in [0.15, 0.2) is 43.0 Å². The van der Waals surface area contributed by atoms with Crippen molar-refractivity contribution in [3.05, 3.63) is 54.1 Å². The molecule has 0 aliphatic rings. The minimum atomic E-state index is -0.278. The molecule has 17 heavy (non-hydrogen) atoms. The lowest BCUT2D eigenvalue weighted by molar-refractivity contribution is 0.0528. The first-order valence-corrected chi connectivity index (χ1v) is 5.59. The van der Waals surface area contributed by atoms with E-state index >= 15 is 0 Å². The Morgan fingerprint density at radius 3 is 2.59 bits per heavy atom. The van der Waals surface area contributed by atoms with E-state index in [-0.39, 0.29) is 5.97 Å². The molecule has 0 aromatic heterocycles. The molecule has 0 spiro atoms. The molecular weight excluding hydrogens is 212 g/mol. The predicted molar refractivity (Wildman–Crippen MR) is 70.0 cm³/mol. The van der Waals surface area contributed by atoms with Gasteiger partial charge in [0.25, 0.3) is 0 Å². The Balaban J connectivity index is 2.66. The second kappa shape index (κ2) is 4.83. The number of ether oxygens (including phenoxy) is 1. The second-order valence-electron chi connectivity index (χ2n) is 3.67. The average molecular weight is 226 g/mol. The molecule has 2 heteroatoms. The fourth-order valence-electron chi connectivity index (χ4n) is 1.89. The Hall–Kier alpha value is -2.09. The van der Waals surface area contributed by atoms with E-state index in [4.69, 9.17) is 4.74 Å². The van der Waals surface area contributed by atoms with Crippen molar-refractivity contribution in [3.63, 3.8) is 0 Å². The van der Waals surface area contributed by atoms with Gasteiger partial charge in [-0.2, -0.15) is 0 Å². The highest BCUT2D eigenvalue weighted by Crippen LogP contribution is 2.24. The van der Waals surface area contributed by atoms with Crippen LogP contribution in [0, 0.1) is 0 Å². The van der Waals surface area contributed by atoms with E-state index in [0.717, 1.165) is 16.3 Å². The van der Waals surface area contributed by atoms with Gasteiger partial charge in [0, 0.05) is 0 Å². The van der Waals surface area contributed by atoms with Crippen molar-refractivity contribution in [3.8, 4) is 0 Å². The van der Waals surface area contributed by atoms with Crippen molar-refractivity contribution in [2.75, 3.05) is 6.61 Å². The minimum Gasteiger partial charge on any atom is -0.462 e. The van der Waals surface area contributed by atoms with Crippen LogP contribution in [0.1, 0.15) is 22.8 Å². The number of hydrogen-bond acceptors (Lipinski definition) is 2. The Morgan fingerprint density at radius 1 is 1.24 bits per heavy atom. The van der Waals surface area contributed by atoms with E-state index in [1.54, 1.807) is 19.1 Å². The lowest BCUT2D eigenvalue weighted by atomic mass is 9.99. The van der Waals surface area contributed by atoms with Crippen molar-refractivity contribution in [1.29, 1.82) is 0 Å². The van der Waals surface area contributed by atoms with Gasteiger partial charge in [0.05, 0.1) is 12.2 Å². The van der Waals surface area contributed by atoms with E-state index in [9.17, 15) is 4.79 Å². The zero-order valence-corrected chi connectivity index (χ0v) is 9.77. The molecule has 2 aromatic carbocycles. The number of rotatable bonds is 3. The zero-order valence-electron chi connectivity index (χ0n) is 9.77. The summed E-state index contributed by atoms with van der Waals surface area (Å²) < 4.78 is 5.04. The number of benzene rings is 2. The van der Waals surface area contributed by atoms with Gasteiger partial charge >= 0.3 is 5.97 Å². The summed E-state index contributed by atoms with van der Waals surface area (Å²) in [5, 5.41) is 1.93. The van der Waals surface area contributed by atoms with E-state index in [2.05, 4.69) is 6.58 Å². The average Bonchev–Trinajstić information content (AvgIpc) is 2.37. The molecule has 0 bridgehead atoms. The maximum absolute atomic E-state index is 11.8. The van der Waals surface area contributed by atoms with Crippen LogP contribution in [0.3, 0.4) is 0 Å². The number of esters is 1. The van der Waals surface area contributed by atoms with Crippen molar-refractivity contribution in [2.45, 2.75) is 6.92 Å². The minimum absolute atomic E-state index is 0.278. The largest absolute Gasteiger partial charge is 0.462 e. The molecule has 0 heterocycles. The molecule has 2 aromatic rings. The molecule has 0 saturated heterocycles. The fraction of sp³-hybridized carbons (Fsp3) is 0.133. The van der Waals surface area contributed by atoms with Crippen molar-refractivity contribution in [1.82, 2.24) is 0 Å². The van der Waals surface area contributed by atoms with Gasteiger partial charge in [0.15, 0.2) is 0 Å². The maximum atomic E-state index is 11.8. The maximum Gasteiger partial charge on any atom is 0.338 e. The van der Waals surface area contributed by atoms with Crippen LogP contribution < -0.4 is 0 Å². The van der Waals surface area contributed by atoms with Crippen LogP contribution in [-0.4, -0.2) is 12.6 Å². The van der Waals surface area contributed by atoms with Crippen molar-refractivity contribution >= 4 is 22.8 Å². The Labute approximate surface area is 101 Å². The topological polar surface area (TPSA) is 26.3 Å². The Kier molecular flexibility index (Phi) is 3.24. The third kappa shape index (κ3) is 2.07. The quantitative estimate of drug-likeness (QED) is 0.746. The molecule has 2 rings (SSSR count). The lowest BCUT2D eigenvalue weighted by Gasteiger charge is -2.08. The normalized spacial score (nSPS) is 10.2. The van der Waals surface area contributed by atoms with Crippen LogP contribution in [0.4, 0.5) is 0 Å². The van der Waals surface area contributed by atoms with Gasteiger partial charge in [-0.05, 0) is 29.3 Å². The first-order chi connectivity index (χ1) is 8.27. The van der Waals surface area contributed by atoms with Crippen LogP contribution in [0.25, 0.3) is 16.8 Å². The molecular formula is C15H14O2. The fourth-order valence-corrected chi connectivity index (χ4v) is 1.89. The van der Waals surface area contributed by atoms with Gasteiger partial charge < -0.3 is 4.74 Å². The number of fused-ring (bicyclic) bond motifs is 1. The smallest absolute Gasteiger partial charge is 0.338 e. The highest BCUT2D eigenvalue weighted by atomic mass is 16.5. The van der Waals surface area contributed by atoms with Crippen LogP contribution in [0.5, 0.6) is 0 Å². The van der Waals surface area contributed by atoms with Crippen LogP contribution >= 0.6 is 0 Å². The number of hydrogen-bond donors (Lipinski definition) is 0. The predicted octanol–water partition coefficient (Wildman–Crippen LogP) is 3.66. The lowest BCUT2D eigenvalue weighted by Crippen LogP contribution is -2.05. The van der Waals surface area contributed by atoms with Gasteiger partial charge in [0.1, 0.15) is 0 Å². The first-order valence-electron chi connectivity index (χ1n) is 5.59. The van der Waals surface area contributed by atoms with Gasteiger partial charge in [0.2, 0.25) is 0 Å². The molecule has 0 radical (unpaired) electrons. The number of carbonyl (C=O) groups is 1. The molecule has 0 aliphatic carbocycles. The number of carbonyl (C=O) groups excluding carboxylic acids is 1. The van der Waals surface area contributed by atoms with Crippen molar-refractivity contribution in [2.24, 2.45) is 0 Å². The summed E-state index contributed by atoms with van der Waals surface area (Å²) in [4.78, 5) is 11.8. The molecule has 0 saturated carbocycles. The van der Waals surface area contributed by atoms with Crippen LogP contribution in [-0.2, 0) is 4.74 Å². The summed E-state index contributed by atoms with van der Waals surface area (Å²) in [6, 6.07) is 11.4. The van der Waals surface area contributed by atoms with Gasteiger partial charge in [-0.3, -0.25) is 0 Å². The molecule has 0 amide bonds. The third-order valence-corrected chi connectivity index (χ3v) is 2.67. The molecule has 0 atom stereocenters. The third-order valence-electron chi connectivity index (χ3n) is 2.67. The van der Waals surface area contributed by atoms with E-state index in [1.807, 2.05) is 30.3 Å². The molecule has 86 valence electrons. The molecule has 0 N–H and O–H groups in total. The second-order valence-corrected chi connectivity index (χ2v) is 3.67. The molecule has 0 aliphatic heterocycles. The summed E-state index contributed by atoms with van der Waals surface area (Å²) in [7, 11) is 0. The Bertz CT molecular complexity index is 570. The SMILES string of the molecule is C=Cc1ccc(C(=O)OCC)c2ccccc12. The standard InChI is InChI=1S/C15H14O2/c1-3-11-9-10-14(15(16)17-4-2)13-8-6-5-7-12(11)13/h3,5-10H,1,4H2,2H3. The monoisotopic (exact) mass is 226 g/mol. The summed E-state index contributed by atoms with van der Waals surface area (Å²) in [5.41, 5.74) is 1.63. The van der Waals surface area contributed by atoms with E-state index in [0.29, 0.717) is 12.2 Å². The molecule has 0 fully saturated rings. The highest BCUT2D eigenvalue weighted by molar-refractivity contribution is 6.06. The van der Waals surface area contributed by atoms with Gasteiger partial charge in [-0.1, -0.05) is 43.0 Å². The summed E-state index contributed by atoms with van der Waals surface area (Å²) in [6.07, 6.45) is 1.79. The first kappa shape index (κ1) is 11.4. The van der Waals surface area contributed by atoms with E-state index in [1.165, 1.54) is 0 Å². The zero-order chi connectivity index (χ0) is 12.3. The molecule has 0 unspecified atom stereocenters. The van der Waals surface area contributed by atoms with Crippen LogP contribution in [0.2, 0.25) is 0 Å². The molecule has 2 nitrogen and oxygen atoms in total. The van der Waals surface area contributed by atoms with Gasteiger partial charge in [-0.15, -0.1) is 0 Å². The summed E-state index contributed by atoms with van der Waals surface area (Å²) >= 11 is 0. The summed E-state index contributed by atoms with van der Waals surface area (Å²) in [6.45, 7) is 5.96. The highest BCUT2D eigenvalue weighted by Gasteiger charge is 2.11.